The van der Waals surface area contributed by atoms with Gasteiger partial charge in [0.2, 0.25) is 0 Å². The average molecular weight is 541 g/mol. The molecule has 0 aliphatic rings. The van der Waals surface area contributed by atoms with E-state index in [-0.39, 0.29) is 6.61 Å². The van der Waals surface area contributed by atoms with Crippen molar-refractivity contribution in [2.75, 3.05) is 6.61 Å². The molecular formula is C20H13Br3O3. The first-order valence-corrected chi connectivity index (χ1v) is 10.0. The van der Waals surface area contributed by atoms with E-state index in [0.717, 1.165) is 20.1 Å². The smallest absolute Gasteiger partial charge is 0.349 e. The Hall–Kier alpha value is -1.63. The number of hydrogen-bond donors (Lipinski definition) is 0. The number of halogens is 3. The van der Waals surface area contributed by atoms with Crippen LogP contribution in [0.2, 0.25) is 0 Å². The van der Waals surface area contributed by atoms with Crippen LogP contribution in [0.1, 0.15) is 0 Å². The molecule has 0 N–H and O–H groups in total. The maximum Gasteiger partial charge on any atom is 0.349 e. The Morgan fingerprint density at radius 3 is 2.15 bits per heavy atom. The number of benzene rings is 3. The van der Waals surface area contributed by atoms with Gasteiger partial charge in [0.1, 0.15) is 11.5 Å². The molecular weight excluding hydrogens is 528 g/mol. The Balaban J connectivity index is 1.64. The van der Waals surface area contributed by atoms with Crippen LogP contribution in [0.4, 0.5) is 0 Å². The fraction of sp³-hybridized carbons (Fsp3) is 0.0500. The van der Waals surface area contributed by atoms with Gasteiger partial charge in [0.05, 0.1) is 8.95 Å². The van der Waals surface area contributed by atoms with Crippen molar-refractivity contribution < 1.29 is 14.3 Å². The normalized spacial score (nSPS) is 10.4. The van der Waals surface area contributed by atoms with Crippen molar-refractivity contribution in [1.29, 1.82) is 0 Å². The summed E-state index contributed by atoms with van der Waals surface area (Å²) in [5.74, 6) is 0.546. The molecule has 0 aliphatic heterocycles. The largest absolute Gasteiger partial charge is 0.481 e. The van der Waals surface area contributed by atoms with Gasteiger partial charge in [-0.2, -0.15) is 0 Å². The minimum absolute atomic E-state index is 0.187. The van der Waals surface area contributed by atoms with Crippen LogP contribution in [0.3, 0.4) is 0 Å². The Labute approximate surface area is 176 Å². The summed E-state index contributed by atoms with van der Waals surface area (Å²) in [5, 5.41) is 0. The van der Waals surface area contributed by atoms with Crippen molar-refractivity contribution >= 4 is 53.8 Å². The molecule has 0 aromatic heterocycles. The second kappa shape index (κ2) is 8.84. The van der Waals surface area contributed by atoms with Crippen molar-refractivity contribution in [2.45, 2.75) is 0 Å². The number of rotatable bonds is 5. The summed E-state index contributed by atoms with van der Waals surface area (Å²) >= 11 is 10.2. The summed E-state index contributed by atoms with van der Waals surface area (Å²) in [6.45, 7) is -0.187. The van der Waals surface area contributed by atoms with Gasteiger partial charge < -0.3 is 9.47 Å². The maximum absolute atomic E-state index is 12.1. The van der Waals surface area contributed by atoms with E-state index in [0.29, 0.717) is 16.0 Å². The molecule has 0 bridgehead atoms. The van der Waals surface area contributed by atoms with Gasteiger partial charge in [-0.1, -0.05) is 52.3 Å². The van der Waals surface area contributed by atoms with Crippen LogP contribution < -0.4 is 9.47 Å². The summed E-state index contributed by atoms with van der Waals surface area (Å²) in [6, 6.07) is 21.0. The SMILES string of the molecule is O=C(COc1ccc(Br)cc1Br)Oc1ccc(-c2ccccc2)cc1Br. The topological polar surface area (TPSA) is 35.5 Å². The lowest BCUT2D eigenvalue weighted by molar-refractivity contribution is -0.136. The predicted octanol–water partition coefficient (Wildman–Crippen LogP) is 6.63. The molecule has 0 spiro atoms. The summed E-state index contributed by atoms with van der Waals surface area (Å²) < 4.78 is 13.3. The Bertz CT molecular complexity index is 927. The molecule has 0 amide bonds. The molecule has 0 heterocycles. The number of esters is 1. The van der Waals surface area contributed by atoms with E-state index < -0.39 is 5.97 Å². The van der Waals surface area contributed by atoms with Crippen LogP contribution in [0, 0.1) is 0 Å². The van der Waals surface area contributed by atoms with Crippen molar-refractivity contribution in [3.05, 3.63) is 80.1 Å². The summed E-state index contributed by atoms with van der Waals surface area (Å²) in [6.07, 6.45) is 0. The number of carbonyl (C=O) groups excluding carboxylic acids is 1. The molecule has 0 saturated carbocycles. The lowest BCUT2D eigenvalue weighted by Gasteiger charge is -2.10. The van der Waals surface area contributed by atoms with Crippen molar-refractivity contribution in [2.24, 2.45) is 0 Å². The third-order valence-corrected chi connectivity index (χ3v) is 5.23. The van der Waals surface area contributed by atoms with E-state index in [1.54, 1.807) is 12.1 Å². The second-order valence-electron chi connectivity index (χ2n) is 5.35. The zero-order valence-electron chi connectivity index (χ0n) is 13.4. The quantitative estimate of drug-likeness (QED) is 0.269. The van der Waals surface area contributed by atoms with E-state index >= 15 is 0 Å². The van der Waals surface area contributed by atoms with Gasteiger partial charge in [-0.05, 0) is 73.3 Å². The minimum Gasteiger partial charge on any atom is -0.481 e. The van der Waals surface area contributed by atoms with E-state index in [2.05, 4.69) is 47.8 Å². The fourth-order valence-corrected chi connectivity index (χ4v) is 3.90. The van der Waals surface area contributed by atoms with E-state index in [4.69, 9.17) is 9.47 Å². The van der Waals surface area contributed by atoms with Crippen LogP contribution >= 0.6 is 47.8 Å². The van der Waals surface area contributed by atoms with Gasteiger partial charge in [-0.3, -0.25) is 0 Å². The van der Waals surface area contributed by atoms with Gasteiger partial charge >= 0.3 is 5.97 Å². The summed E-state index contributed by atoms with van der Waals surface area (Å²) in [5.41, 5.74) is 2.13. The predicted molar refractivity (Wildman–Crippen MR) is 113 cm³/mol. The third kappa shape index (κ3) is 4.96. The Morgan fingerprint density at radius 2 is 1.46 bits per heavy atom. The first kappa shape index (κ1) is 19.1. The first-order chi connectivity index (χ1) is 12.5. The number of hydrogen-bond acceptors (Lipinski definition) is 3. The molecule has 0 fully saturated rings. The van der Waals surface area contributed by atoms with E-state index in [1.807, 2.05) is 54.6 Å². The van der Waals surface area contributed by atoms with Gasteiger partial charge in [0, 0.05) is 4.47 Å². The summed E-state index contributed by atoms with van der Waals surface area (Å²) in [4.78, 5) is 12.1. The zero-order valence-corrected chi connectivity index (χ0v) is 18.2. The van der Waals surface area contributed by atoms with Gasteiger partial charge in [0.25, 0.3) is 0 Å². The highest BCUT2D eigenvalue weighted by molar-refractivity contribution is 9.11. The van der Waals surface area contributed by atoms with Crippen LogP contribution in [-0.2, 0) is 4.79 Å². The van der Waals surface area contributed by atoms with Crippen molar-refractivity contribution in [3.63, 3.8) is 0 Å². The van der Waals surface area contributed by atoms with Gasteiger partial charge in [-0.15, -0.1) is 0 Å². The highest BCUT2D eigenvalue weighted by atomic mass is 79.9. The fourth-order valence-electron chi connectivity index (χ4n) is 2.27. The zero-order chi connectivity index (χ0) is 18.5. The van der Waals surface area contributed by atoms with E-state index in [1.165, 1.54) is 0 Å². The molecule has 3 nitrogen and oxygen atoms in total. The minimum atomic E-state index is -0.479. The second-order valence-corrected chi connectivity index (χ2v) is 7.97. The highest BCUT2D eigenvalue weighted by Crippen LogP contribution is 2.31. The Kier molecular flexibility index (Phi) is 6.51. The highest BCUT2D eigenvalue weighted by Gasteiger charge is 2.11. The van der Waals surface area contributed by atoms with Gasteiger partial charge in [-0.25, -0.2) is 4.79 Å². The maximum atomic E-state index is 12.1. The first-order valence-electron chi connectivity index (χ1n) is 7.66. The lowest BCUT2D eigenvalue weighted by atomic mass is 10.1. The molecule has 0 unspecified atom stereocenters. The van der Waals surface area contributed by atoms with Gasteiger partial charge in [0.15, 0.2) is 6.61 Å². The van der Waals surface area contributed by atoms with Crippen molar-refractivity contribution in [3.8, 4) is 22.6 Å². The van der Waals surface area contributed by atoms with Crippen LogP contribution in [-0.4, -0.2) is 12.6 Å². The van der Waals surface area contributed by atoms with Crippen molar-refractivity contribution in [1.82, 2.24) is 0 Å². The third-order valence-electron chi connectivity index (χ3n) is 3.50. The van der Waals surface area contributed by atoms with Crippen LogP contribution in [0.25, 0.3) is 11.1 Å². The molecule has 3 rings (SSSR count). The Morgan fingerprint density at radius 1 is 0.769 bits per heavy atom. The number of ether oxygens (including phenoxy) is 2. The average Bonchev–Trinajstić information content (AvgIpc) is 2.63. The molecule has 0 radical (unpaired) electrons. The standard InChI is InChI=1S/C20H13Br3O3/c21-15-7-9-18(17(23)11-15)25-12-20(24)26-19-8-6-14(10-16(19)22)13-4-2-1-3-5-13/h1-11H,12H2. The molecule has 0 atom stereocenters. The lowest BCUT2D eigenvalue weighted by Crippen LogP contribution is -2.18. The molecule has 3 aromatic rings. The van der Waals surface area contributed by atoms with Crippen LogP contribution in [0.15, 0.2) is 80.1 Å². The molecule has 3 aromatic carbocycles. The molecule has 0 aliphatic carbocycles. The summed E-state index contributed by atoms with van der Waals surface area (Å²) in [7, 11) is 0. The molecule has 6 heteroatoms. The molecule has 132 valence electrons. The van der Waals surface area contributed by atoms with Crippen LogP contribution in [0.5, 0.6) is 11.5 Å². The number of carbonyl (C=O) groups is 1. The monoisotopic (exact) mass is 538 g/mol. The van der Waals surface area contributed by atoms with E-state index in [9.17, 15) is 4.79 Å². The molecule has 0 saturated heterocycles. The molecule has 26 heavy (non-hydrogen) atoms.